The molecule has 0 aliphatic rings. The highest BCUT2D eigenvalue weighted by Gasteiger charge is 2.14. The van der Waals surface area contributed by atoms with Gasteiger partial charge in [0.2, 0.25) is 5.82 Å². The van der Waals surface area contributed by atoms with Crippen molar-refractivity contribution in [2.45, 2.75) is 13.5 Å². The first-order chi connectivity index (χ1) is 8.56. The van der Waals surface area contributed by atoms with Gasteiger partial charge < -0.3 is 5.32 Å². The zero-order chi connectivity index (χ0) is 13.1. The third kappa shape index (κ3) is 2.80. The van der Waals surface area contributed by atoms with E-state index in [0.717, 1.165) is 16.8 Å². The number of thiazole rings is 1. The minimum Gasteiger partial charge on any atom is -0.378 e. The van der Waals surface area contributed by atoms with Crippen molar-refractivity contribution in [3.63, 3.8) is 0 Å². The molecular formula is C11H10FN3O2S. The third-order valence-electron chi connectivity index (χ3n) is 2.25. The summed E-state index contributed by atoms with van der Waals surface area (Å²) in [5.74, 6) is -0.837. The van der Waals surface area contributed by atoms with E-state index in [0.29, 0.717) is 12.2 Å². The van der Waals surface area contributed by atoms with Crippen LogP contribution in [-0.4, -0.2) is 9.91 Å². The summed E-state index contributed by atoms with van der Waals surface area (Å²) in [4.78, 5) is 14.1. The van der Waals surface area contributed by atoms with E-state index in [-0.39, 0.29) is 0 Å². The SMILES string of the molecule is Cc1csc(CNc2ccc(F)c([N+](=O)[O-])c2)n1. The van der Waals surface area contributed by atoms with Gasteiger partial charge in [-0.25, -0.2) is 4.98 Å². The molecule has 0 amide bonds. The van der Waals surface area contributed by atoms with Crippen LogP contribution in [0.5, 0.6) is 0 Å². The average molecular weight is 267 g/mol. The second-order valence-corrected chi connectivity index (χ2v) is 4.60. The number of hydrogen-bond acceptors (Lipinski definition) is 5. The molecule has 0 atom stereocenters. The minimum atomic E-state index is -0.837. The van der Waals surface area contributed by atoms with E-state index in [1.54, 1.807) is 0 Å². The van der Waals surface area contributed by atoms with Crippen molar-refractivity contribution < 1.29 is 9.31 Å². The summed E-state index contributed by atoms with van der Waals surface area (Å²) in [6, 6.07) is 3.71. The molecule has 0 saturated carbocycles. The summed E-state index contributed by atoms with van der Waals surface area (Å²) in [7, 11) is 0. The molecule has 94 valence electrons. The minimum absolute atomic E-state index is 0.460. The molecule has 1 aromatic heterocycles. The molecule has 0 fully saturated rings. The van der Waals surface area contributed by atoms with Crippen molar-refractivity contribution in [1.82, 2.24) is 4.98 Å². The van der Waals surface area contributed by atoms with Crippen molar-refractivity contribution in [3.05, 3.63) is 50.2 Å². The van der Waals surface area contributed by atoms with Gasteiger partial charge in [-0.2, -0.15) is 4.39 Å². The van der Waals surface area contributed by atoms with E-state index in [9.17, 15) is 14.5 Å². The number of aromatic nitrogens is 1. The first-order valence-electron chi connectivity index (χ1n) is 5.15. The molecule has 0 aliphatic heterocycles. The number of nitrogens with zero attached hydrogens (tertiary/aromatic N) is 2. The molecule has 0 radical (unpaired) electrons. The van der Waals surface area contributed by atoms with E-state index >= 15 is 0 Å². The zero-order valence-corrected chi connectivity index (χ0v) is 10.3. The molecule has 2 aromatic rings. The lowest BCUT2D eigenvalue weighted by atomic mass is 10.2. The topological polar surface area (TPSA) is 68.1 Å². The van der Waals surface area contributed by atoms with E-state index < -0.39 is 16.4 Å². The highest BCUT2D eigenvalue weighted by molar-refractivity contribution is 7.09. The van der Waals surface area contributed by atoms with Crippen molar-refractivity contribution in [2.24, 2.45) is 0 Å². The fourth-order valence-electron chi connectivity index (χ4n) is 1.42. The number of hydrogen-bond donors (Lipinski definition) is 1. The number of nitro benzene ring substituents is 1. The van der Waals surface area contributed by atoms with Gasteiger partial charge in [0.25, 0.3) is 0 Å². The molecular weight excluding hydrogens is 257 g/mol. The highest BCUT2D eigenvalue weighted by atomic mass is 32.1. The van der Waals surface area contributed by atoms with Gasteiger partial charge in [-0.1, -0.05) is 0 Å². The number of rotatable bonds is 4. The van der Waals surface area contributed by atoms with Gasteiger partial charge >= 0.3 is 5.69 Å². The fraction of sp³-hybridized carbons (Fsp3) is 0.182. The Bertz CT molecular complexity index is 585. The van der Waals surface area contributed by atoms with E-state index in [1.807, 2.05) is 12.3 Å². The van der Waals surface area contributed by atoms with Crippen LogP contribution in [0.15, 0.2) is 23.6 Å². The Morgan fingerprint density at radius 1 is 1.56 bits per heavy atom. The summed E-state index contributed by atoms with van der Waals surface area (Å²) >= 11 is 1.50. The first-order valence-corrected chi connectivity index (χ1v) is 6.03. The number of anilines is 1. The van der Waals surface area contributed by atoms with Crippen molar-refractivity contribution >= 4 is 22.7 Å². The van der Waals surface area contributed by atoms with Gasteiger partial charge in [0.05, 0.1) is 11.5 Å². The maximum absolute atomic E-state index is 13.1. The lowest BCUT2D eigenvalue weighted by molar-refractivity contribution is -0.387. The molecule has 0 unspecified atom stereocenters. The summed E-state index contributed by atoms with van der Waals surface area (Å²) in [6.07, 6.45) is 0. The fourth-order valence-corrected chi connectivity index (χ4v) is 2.14. The first kappa shape index (κ1) is 12.4. The average Bonchev–Trinajstić information content (AvgIpc) is 2.74. The quantitative estimate of drug-likeness (QED) is 0.682. The van der Waals surface area contributed by atoms with Gasteiger partial charge in [-0.3, -0.25) is 10.1 Å². The van der Waals surface area contributed by atoms with Crippen LogP contribution in [0, 0.1) is 22.9 Å². The van der Waals surface area contributed by atoms with Crippen LogP contribution in [0.4, 0.5) is 15.8 Å². The van der Waals surface area contributed by atoms with Gasteiger partial charge in [-0.05, 0) is 19.1 Å². The normalized spacial score (nSPS) is 10.3. The number of halogens is 1. The summed E-state index contributed by atoms with van der Waals surface area (Å²) in [6.45, 7) is 2.35. The molecule has 0 spiro atoms. The lowest BCUT2D eigenvalue weighted by Crippen LogP contribution is -2.00. The van der Waals surface area contributed by atoms with Crippen LogP contribution < -0.4 is 5.32 Å². The summed E-state index contributed by atoms with van der Waals surface area (Å²) in [5, 5.41) is 16.3. The molecule has 0 aliphatic carbocycles. The number of nitrogens with one attached hydrogen (secondary N) is 1. The van der Waals surface area contributed by atoms with E-state index in [1.165, 1.54) is 23.5 Å². The number of aryl methyl sites for hydroxylation is 1. The van der Waals surface area contributed by atoms with Crippen molar-refractivity contribution in [3.8, 4) is 0 Å². The van der Waals surface area contributed by atoms with Gasteiger partial charge in [0.1, 0.15) is 5.01 Å². The molecule has 0 bridgehead atoms. The smallest absolute Gasteiger partial charge is 0.306 e. The van der Waals surface area contributed by atoms with Crippen LogP contribution in [0.2, 0.25) is 0 Å². The number of benzene rings is 1. The molecule has 0 saturated heterocycles. The summed E-state index contributed by atoms with van der Waals surface area (Å²) < 4.78 is 13.1. The Morgan fingerprint density at radius 3 is 2.94 bits per heavy atom. The van der Waals surface area contributed by atoms with Crippen LogP contribution in [0.3, 0.4) is 0 Å². The van der Waals surface area contributed by atoms with Gasteiger partial charge in [-0.15, -0.1) is 11.3 Å². The van der Waals surface area contributed by atoms with E-state index in [2.05, 4.69) is 10.3 Å². The highest BCUT2D eigenvalue weighted by Crippen LogP contribution is 2.22. The van der Waals surface area contributed by atoms with Crippen LogP contribution in [0.25, 0.3) is 0 Å². The molecule has 1 heterocycles. The maximum Gasteiger partial charge on any atom is 0.306 e. The number of nitro groups is 1. The standard InChI is InChI=1S/C11H10FN3O2S/c1-7-6-18-11(14-7)5-13-8-2-3-9(12)10(4-8)15(16)17/h2-4,6,13H,5H2,1H3. The van der Waals surface area contributed by atoms with Crippen molar-refractivity contribution in [1.29, 1.82) is 0 Å². The summed E-state index contributed by atoms with van der Waals surface area (Å²) in [5.41, 5.74) is 0.896. The van der Waals surface area contributed by atoms with Gasteiger partial charge in [0, 0.05) is 22.8 Å². The molecule has 1 N–H and O–H groups in total. The molecule has 7 heteroatoms. The van der Waals surface area contributed by atoms with E-state index in [4.69, 9.17) is 0 Å². The lowest BCUT2D eigenvalue weighted by Gasteiger charge is -2.04. The monoisotopic (exact) mass is 267 g/mol. The molecule has 1 aromatic carbocycles. The zero-order valence-electron chi connectivity index (χ0n) is 9.51. The Morgan fingerprint density at radius 2 is 2.33 bits per heavy atom. The Kier molecular flexibility index (Phi) is 3.52. The van der Waals surface area contributed by atoms with Crippen molar-refractivity contribution in [2.75, 3.05) is 5.32 Å². The van der Waals surface area contributed by atoms with Crippen LogP contribution >= 0.6 is 11.3 Å². The van der Waals surface area contributed by atoms with Crippen LogP contribution in [0.1, 0.15) is 10.7 Å². The predicted molar refractivity (Wildman–Crippen MR) is 67.2 cm³/mol. The Balaban J connectivity index is 2.10. The maximum atomic E-state index is 13.1. The molecule has 18 heavy (non-hydrogen) atoms. The second kappa shape index (κ2) is 5.09. The Labute approximate surface area is 106 Å². The predicted octanol–water partition coefficient (Wildman–Crippen LogP) is 3.11. The Hall–Kier alpha value is -2.02. The molecule has 5 nitrogen and oxygen atoms in total. The molecule has 2 rings (SSSR count). The third-order valence-corrected chi connectivity index (χ3v) is 3.22. The largest absolute Gasteiger partial charge is 0.378 e. The van der Waals surface area contributed by atoms with Crippen LogP contribution in [-0.2, 0) is 6.54 Å². The second-order valence-electron chi connectivity index (χ2n) is 3.66. The van der Waals surface area contributed by atoms with Gasteiger partial charge in [0.15, 0.2) is 0 Å².